The predicted octanol–water partition coefficient (Wildman–Crippen LogP) is -1.98. The van der Waals surface area contributed by atoms with Crippen molar-refractivity contribution in [2.75, 3.05) is 5.73 Å². The van der Waals surface area contributed by atoms with Gasteiger partial charge in [-0.05, 0) is 6.92 Å². The second-order valence-corrected chi connectivity index (χ2v) is 5.31. The number of pyridine rings is 1. The highest BCUT2D eigenvalue weighted by molar-refractivity contribution is 6.04. The smallest absolute Gasteiger partial charge is 0.254 e. The number of hydrogen-bond acceptors (Lipinski definition) is 7. The Bertz CT molecular complexity index is 772. The number of aliphatic imine (C=N–C) groups is 1. The van der Waals surface area contributed by atoms with Gasteiger partial charge >= 0.3 is 0 Å². The number of nitrogens with zero attached hydrogens (tertiary/aromatic N) is 2. The number of aliphatic hydroxyl groups excluding tert-OH is 2. The van der Waals surface area contributed by atoms with E-state index in [4.69, 9.17) is 21.9 Å². The summed E-state index contributed by atoms with van der Waals surface area (Å²) in [5, 5.41) is 20.0. The third kappa shape index (κ3) is 2.77. The van der Waals surface area contributed by atoms with E-state index in [9.17, 15) is 19.8 Å². The number of aliphatic hydroxyl groups is 2. The predicted molar refractivity (Wildman–Crippen MR) is 86.2 cm³/mol. The minimum atomic E-state index is -1.34. The number of amides is 1. The van der Waals surface area contributed by atoms with Gasteiger partial charge in [-0.15, -0.1) is 0 Å². The first-order valence-corrected chi connectivity index (χ1v) is 7.01. The molecule has 0 saturated carbocycles. The van der Waals surface area contributed by atoms with Crippen LogP contribution in [0.3, 0.4) is 0 Å². The number of rotatable bonds is 4. The van der Waals surface area contributed by atoms with Gasteiger partial charge in [0.25, 0.3) is 5.91 Å². The van der Waals surface area contributed by atoms with E-state index in [0.29, 0.717) is 0 Å². The molecule has 0 aliphatic carbocycles. The molecule has 8 N–H and O–H groups in total. The second kappa shape index (κ2) is 6.43. The fourth-order valence-electron chi connectivity index (χ4n) is 2.50. The normalized spacial score (nSPS) is 27.2. The Labute approximate surface area is 136 Å². The Hall–Kier alpha value is -2.69. The molecule has 2 heterocycles. The Morgan fingerprint density at radius 1 is 1.42 bits per heavy atom. The Balaban J connectivity index is 2.74. The summed E-state index contributed by atoms with van der Waals surface area (Å²) in [5.74, 6) is -1.48. The van der Waals surface area contributed by atoms with Crippen LogP contribution in [0.2, 0.25) is 0 Å². The molecule has 1 aromatic rings. The van der Waals surface area contributed by atoms with E-state index in [1.165, 1.54) is 0 Å². The van der Waals surface area contributed by atoms with Crippen molar-refractivity contribution in [3.8, 4) is 0 Å². The molecule has 0 aromatic carbocycles. The van der Waals surface area contributed by atoms with Crippen molar-refractivity contribution in [2.45, 2.75) is 31.5 Å². The molecule has 1 aliphatic rings. The van der Waals surface area contributed by atoms with Crippen LogP contribution < -0.4 is 22.6 Å². The van der Waals surface area contributed by atoms with Crippen LogP contribution in [-0.4, -0.2) is 44.8 Å². The molecule has 1 fully saturated rings. The average molecular weight is 337 g/mol. The van der Waals surface area contributed by atoms with Crippen LogP contribution in [0.25, 0.3) is 0 Å². The maximum Gasteiger partial charge on any atom is 0.254 e. The van der Waals surface area contributed by atoms with E-state index in [0.717, 1.165) is 17.0 Å². The summed E-state index contributed by atoms with van der Waals surface area (Å²) in [4.78, 5) is 27.6. The lowest BCUT2D eigenvalue weighted by Gasteiger charge is -2.23. The summed E-state index contributed by atoms with van der Waals surface area (Å²) in [6, 6.07) is 0. The van der Waals surface area contributed by atoms with Gasteiger partial charge in [0.05, 0.1) is 6.10 Å². The molecular weight excluding hydrogens is 318 g/mol. The molecule has 10 heteroatoms. The summed E-state index contributed by atoms with van der Waals surface area (Å²) in [7, 11) is 0. The molecule has 10 nitrogen and oxygen atoms in total. The molecular formula is C14H19N5O5. The lowest BCUT2D eigenvalue weighted by Crippen LogP contribution is -2.36. The summed E-state index contributed by atoms with van der Waals surface area (Å²) < 4.78 is 6.57. The third-order valence-corrected chi connectivity index (χ3v) is 3.78. The van der Waals surface area contributed by atoms with E-state index >= 15 is 0 Å². The number of carbonyl (C=O) groups excluding carboxylic acids is 1. The van der Waals surface area contributed by atoms with Gasteiger partial charge in [0, 0.05) is 12.4 Å². The highest BCUT2D eigenvalue weighted by Gasteiger charge is 2.42. The zero-order valence-corrected chi connectivity index (χ0v) is 12.9. The molecule has 4 atom stereocenters. The molecule has 4 unspecified atom stereocenters. The van der Waals surface area contributed by atoms with E-state index in [-0.39, 0.29) is 17.2 Å². The van der Waals surface area contributed by atoms with Crippen molar-refractivity contribution < 1.29 is 19.7 Å². The molecule has 1 aliphatic heterocycles. The summed E-state index contributed by atoms with van der Waals surface area (Å²) in [6.07, 6.45) is -2.18. The maximum atomic E-state index is 12.4. The summed E-state index contributed by atoms with van der Waals surface area (Å²) in [5.41, 5.74) is 15.4. The van der Waals surface area contributed by atoms with Crippen molar-refractivity contribution in [1.29, 1.82) is 0 Å². The van der Waals surface area contributed by atoms with Crippen LogP contribution >= 0.6 is 0 Å². The molecule has 2 rings (SSSR count). The fraction of sp³-hybridized carbons (Fsp3) is 0.357. The summed E-state index contributed by atoms with van der Waals surface area (Å²) in [6.45, 7) is 4.92. The number of nitrogens with two attached hydrogens (primary N) is 3. The van der Waals surface area contributed by atoms with Crippen LogP contribution in [-0.2, 0) is 4.74 Å². The second-order valence-electron chi connectivity index (χ2n) is 5.31. The SMILES string of the molecule is C=CN=C(N)c1c(N)n(C2OC(C)C(O)C2O)cc(C(N)=O)c1=O. The van der Waals surface area contributed by atoms with Crippen LogP contribution in [0.15, 0.2) is 28.8 Å². The van der Waals surface area contributed by atoms with Crippen LogP contribution in [0.5, 0.6) is 0 Å². The van der Waals surface area contributed by atoms with E-state index in [1.54, 1.807) is 6.92 Å². The van der Waals surface area contributed by atoms with Gasteiger partial charge in [-0.25, -0.2) is 4.99 Å². The zero-order chi connectivity index (χ0) is 18.2. The molecule has 130 valence electrons. The van der Waals surface area contributed by atoms with Gasteiger partial charge in [-0.1, -0.05) is 6.58 Å². The van der Waals surface area contributed by atoms with Gasteiger partial charge in [0.1, 0.15) is 35.0 Å². The number of carbonyl (C=O) groups is 1. The largest absolute Gasteiger partial charge is 0.388 e. The molecule has 1 amide bonds. The number of ether oxygens (including phenoxy) is 1. The van der Waals surface area contributed by atoms with Crippen LogP contribution in [0.1, 0.15) is 29.1 Å². The molecule has 0 bridgehead atoms. The topological polar surface area (TPSA) is 179 Å². The fourth-order valence-corrected chi connectivity index (χ4v) is 2.50. The molecule has 1 aromatic heterocycles. The Morgan fingerprint density at radius 2 is 2.04 bits per heavy atom. The zero-order valence-electron chi connectivity index (χ0n) is 12.9. The third-order valence-electron chi connectivity index (χ3n) is 3.78. The first kappa shape index (κ1) is 17.7. The van der Waals surface area contributed by atoms with Crippen LogP contribution in [0.4, 0.5) is 5.82 Å². The number of hydrogen-bond donors (Lipinski definition) is 5. The lowest BCUT2D eigenvalue weighted by molar-refractivity contribution is -0.0311. The van der Waals surface area contributed by atoms with Crippen molar-refractivity contribution >= 4 is 17.6 Å². The van der Waals surface area contributed by atoms with Gasteiger partial charge in [-0.3, -0.25) is 9.59 Å². The number of aromatic nitrogens is 1. The van der Waals surface area contributed by atoms with Crippen LogP contribution in [0, 0.1) is 0 Å². The maximum absolute atomic E-state index is 12.4. The minimum absolute atomic E-state index is 0.196. The first-order valence-electron chi connectivity index (χ1n) is 7.01. The number of primary amides is 1. The quantitative estimate of drug-likeness (QED) is 0.312. The van der Waals surface area contributed by atoms with E-state index in [1.807, 2.05) is 0 Å². The molecule has 1 saturated heterocycles. The van der Waals surface area contributed by atoms with Crippen molar-refractivity contribution in [2.24, 2.45) is 16.5 Å². The highest BCUT2D eigenvalue weighted by atomic mass is 16.6. The minimum Gasteiger partial charge on any atom is -0.388 e. The Kier molecular flexibility index (Phi) is 4.73. The highest BCUT2D eigenvalue weighted by Crippen LogP contribution is 2.31. The van der Waals surface area contributed by atoms with Gasteiger partial charge in [0.2, 0.25) is 5.43 Å². The van der Waals surface area contributed by atoms with E-state index < -0.39 is 41.4 Å². The first-order chi connectivity index (χ1) is 11.2. The summed E-state index contributed by atoms with van der Waals surface area (Å²) >= 11 is 0. The molecule has 0 radical (unpaired) electrons. The Morgan fingerprint density at radius 3 is 2.50 bits per heavy atom. The molecule has 0 spiro atoms. The molecule has 24 heavy (non-hydrogen) atoms. The number of amidine groups is 1. The van der Waals surface area contributed by atoms with E-state index in [2.05, 4.69) is 11.6 Å². The number of anilines is 1. The van der Waals surface area contributed by atoms with Crippen molar-refractivity contribution in [3.05, 3.63) is 40.3 Å². The lowest BCUT2D eigenvalue weighted by atomic mass is 10.1. The average Bonchev–Trinajstić information content (AvgIpc) is 2.75. The van der Waals surface area contributed by atoms with Gasteiger partial charge in [-0.2, -0.15) is 0 Å². The van der Waals surface area contributed by atoms with Crippen molar-refractivity contribution in [3.63, 3.8) is 0 Å². The van der Waals surface area contributed by atoms with Gasteiger partial charge < -0.3 is 36.7 Å². The van der Waals surface area contributed by atoms with Crippen molar-refractivity contribution in [1.82, 2.24) is 4.57 Å². The van der Waals surface area contributed by atoms with Gasteiger partial charge in [0.15, 0.2) is 6.23 Å². The monoisotopic (exact) mass is 337 g/mol. The number of nitrogen functional groups attached to an aromatic ring is 1. The standard InChI is InChI=1S/C14H19N5O5/c1-3-18-11(15)7-9(21)6(13(17)23)4-19(12(7)16)14-10(22)8(20)5(2)24-14/h3-5,8,10,14,20,22H,1,16H2,2H3,(H2,15,18)(H2,17,23).